The maximum absolute atomic E-state index is 13.5. The van der Waals surface area contributed by atoms with Crippen molar-refractivity contribution >= 4 is 9.84 Å². The number of rotatable bonds is 6. The van der Waals surface area contributed by atoms with Gasteiger partial charge in [0.05, 0.1) is 16.4 Å². The molecule has 2 heterocycles. The molecule has 2 atom stereocenters. The Kier molecular flexibility index (Phi) is 5.90. The largest absolute Gasteiger partial charge is 0.493 e. The zero-order valence-electron chi connectivity index (χ0n) is 16.6. The Morgan fingerprint density at radius 2 is 2.00 bits per heavy atom. The number of benzene rings is 2. The van der Waals surface area contributed by atoms with E-state index in [9.17, 15) is 12.8 Å². The average Bonchev–Trinajstić information content (AvgIpc) is 3.20. The third-order valence-electron chi connectivity index (χ3n) is 6.04. The molecule has 2 aromatic rings. The van der Waals surface area contributed by atoms with E-state index in [2.05, 4.69) is 10.2 Å². The van der Waals surface area contributed by atoms with E-state index in [0.29, 0.717) is 24.3 Å². The number of hydrogen-bond donors (Lipinski definition) is 1. The molecule has 0 radical (unpaired) electrons. The first-order chi connectivity index (χ1) is 14.0. The number of ether oxygens (including phenoxy) is 1. The number of halogens is 1. The average molecular weight is 419 g/mol. The number of likely N-dealkylation sites (N-methyl/N-ethyl adjacent to an activating group) is 1. The molecule has 1 fully saturated rings. The van der Waals surface area contributed by atoms with Crippen molar-refractivity contribution in [1.82, 2.24) is 10.2 Å². The van der Waals surface area contributed by atoms with E-state index in [-0.39, 0.29) is 9.79 Å². The van der Waals surface area contributed by atoms with Crippen LogP contribution in [0.3, 0.4) is 0 Å². The van der Waals surface area contributed by atoms with Crippen molar-refractivity contribution in [2.45, 2.75) is 41.0 Å². The van der Waals surface area contributed by atoms with Crippen LogP contribution in [-0.4, -0.2) is 52.6 Å². The third kappa shape index (κ3) is 4.32. The first kappa shape index (κ1) is 20.3. The van der Waals surface area contributed by atoms with Gasteiger partial charge in [0.25, 0.3) is 0 Å². The monoisotopic (exact) mass is 418 g/mol. The summed E-state index contributed by atoms with van der Waals surface area (Å²) >= 11 is 0. The second-order valence-corrected chi connectivity index (χ2v) is 9.81. The Labute approximate surface area is 171 Å². The van der Waals surface area contributed by atoms with Gasteiger partial charge >= 0.3 is 0 Å². The molecule has 0 bridgehead atoms. The predicted octanol–water partition coefficient (Wildman–Crippen LogP) is 3.21. The Bertz CT molecular complexity index is 980. The van der Waals surface area contributed by atoms with E-state index in [1.165, 1.54) is 24.6 Å². The zero-order valence-corrected chi connectivity index (χ0v) is 17.4. The second kappa shape index (κ2) is 8.42. The van der Waals surface area contributed by atoms with Gasteiger partial charge in [-0.3, -0.25) is 0 Å². The molecular weight excluding hydrogens is 391 g/mol. The molecule has 0 aromatic heterocycles. The lowest BCUT2D eigenvalue weighted by Gasteiger charge is -2.28. The van der Waals surface area contributed by atoms with Gasteiger partial charge in [-0.15, -0.1) is 0 Å². The minimum absolute atomic E-state index is 0.0436. The molecule has 2 unspecified atom stereocenters. The molecule has 1 saturated heterocycles. The predicted molar refractivity (Wildman–Crippen MR) is 110 cm³/mol. The Balaban J connectivity index is 1.51. The number of sulfone groups is 1. The normalized spacial score (nSPS) is 22.3. The molecule has 4 rings (SSSR count). The lowest BCUT2D eigenvalue weighted by Crippen LogP contribution is -2.30. The number of fused-ring (bicyclic) bond motifs is 1. The number of nitrogens with one attached hydrogen (secondary N) is 1. The second-order valence-electron chi connectivity index (χ2n) is 7.86. The number of nitrogens with zero attached hydrogens (tertiary/aromatic N) is 1. The molecule has 0 aliphatic carbocycles. The molecular formula is C22H27FN2O3S. The minimum Gasteiger partial charge on any atom is -0.493 e. The Morgan fingerprint density at radius 1 is 1.17 bits per heavy atom. The summed E-state index contributed by atoms with van der Waals surface area (Å²) in [5, 5.41) is 3.34. The fourth-order valence-corrected chi connectivity index (χ4v) is 5.60. The Hall–Kier alpha value is -1.96. The van der Waals surface area contributed by atoms with E-state index < -0.39 is 15.7 Å². The summed E-state index contributed by atoms with van der Waals surface area (Å²) in [6, 6.07) is 10.8. The molecule has 2 aliphatic rings. The molecule has 1 N–H and O–H groups in total. The van der Waals surface area contributed by atoms with Crippen molar-refractivity contribution in [3.8, 4) is 5.75 Å². The van der Waals surface area contributed by atoms with Crippen LogP contribution in [0.1, 0.15) is 30.7 Å². The van der Waals surface area contributed by atoms with Crippen LogP contribution in [0.2, 0.25) is 0 Å². The van der Waals surface area contributed by atoms with E-state index in [4.69, 9.17) is 4.74 Å². The van der Waals surface area contributed by atoms with Crippen molar-refractivity contribution in [3.63, 3.8) is 0 Å². The Morgan fingerprint density at radius 3 is 2.76 bits per heavy atom. The first-order valence-electron chi connectivity index (χ1n) is 10.1. The smallest absolute Gasteiger partial charge is 0.206 e. The van der Waals surface area contributed by atoms with Gasteiger partial charge in [-0.1, -0.05) is 12.1 Å². The highest BCUT2D eigenvalue weighted by Gasteiger charge is 2.27. The van der Waals surface area contributed by atoms with Gasteiger partial charge in [-0.2, -0.15) is 0 Å². The van der Waals surface area contributed by atoms with Crippen LogP contribution in [0, 0.1) is 5.82 Å². The van der Waals surface area contributed by atoms with E-state index >= 15 is 0 Å². The molecule has 29 heavy (non-hydrogen) atoms. The number of likely N-dealkylation sites (tertiary alicyclic amines) is 1. The molecule has 2 aromatic carbocycles. The van der Waals surface area contributed by atoms with Crippen LogP contribution in [0.15, 0.2) is 52.3 Å². The van der Waals surface area contributed by atoms with Crippen molar-refractivity contribution < 1.29 is 17.5 Å². The number of hydrogen-bond acceptors (Lipinski definition) is 5. The van der Waals surface area contributed by atoms with Gasteiger partial charge in [0, 0.05) is 12.6 Å². The molecule has 7 heteroatoms. The first-order valence-corrected chi connectivity index (χ1v) is 11.6. The molecule has 2 aliphatic heterocycles. The van der Waals surface area contributed by atoms with Crippen molar-refractivity contribution in [1.29, 1.82) is 0 Å². The van der Waals surface area contributed by atoms with Gasteiger partial charge in [-0.25, -0.2) is 12.8 Å². The SMILES string of the molecule is CNC1CCN(CCC2CCOc3cc(S(=O)(=O)c4cccc(F)c4)ccc32)C1. The van der Waals surface area contributed by atoms with Crippen LogP contribution < -0.4 is 10.1 Å². The highest BCUT2D eigenvalue weighted by molar-refractivity contribution is 7.91. The molecule has 0 spiro atoms. The fourth-order valence-electron chi connectivity index (χ4n) is 4.29. The van der Waals surface area contributed by atoms with Crippen LogP contribution >= 0.6 is 0 Å². The van der Waals surface area contributed by atoms with Crippen molar-refractivity contribution in [2.24, 2.45) is 0 Å². The highest BCUT2D eigenvalue weighted by Crippen LogP contribution is 2.38. The summed E-state index contributed by atoms with van der Waals surface area (Å²) in [5.41, 5.74) is 1.07. The molecule has 5 nitrogen and oxygen atoms in total. The van der Waals surface area contributed by atoms with Gasteiger partial charge in [0.15, 0.2) is 0 Å². The van der Waals surface area contributed by atoms with E-state index in [1.807, 2.05) is 13.1 Å². The summed E-state index contributed by atoms with van der Waals surface area (Å²) < 4.78 is 45.0. The van der Waals surface area contributed by atoms with E-state index in [1.54, 1.807) is 12.1 Å². The molecule has 0 amide bonds. The summed E-state index contributed by atoms with van der Waals surface area (Å²) in [7, 11) is -1.77. The summed E-state index contributed by atoms with van der Waals surface area (Å²) in [4.78, 5) is 2.58. The molecule has 156 valence electrons. The van der Waals surface area contributed by atoms with Crippen molar-refractivity contribution in [2.75, 3.05) is 33.3 Å². The van der Waals surface area contributed by atoms with Crippen molar-refractivity contribution in [3.05, 3.63) is 53.8 Å². The lowest BCUT2D eigenvalue weighted by molar-refractivity contribution is 0.245. The van der Waals surface area contributed by atoms with Crippen LogP contribution in [0.25, 0.3) is 0 Å². The van der Waals surface area contributed by atoms with Crippen LogP contribution in [0.4, 0.5) is 4.39 Å². The summed E-state index contributed by atoms with van der Waals surface area (Å²) in [6.07, 6.45) is 3.15. The maximum Gasteiger partial charge on any atom is 0.206 e. The minimum atomic E-state index is -3.78. The van der Waals surface area contributed by atoms with Gasteiger partial charge in [0.1, 0.15) is 11.6 Å². The summed E-state index contributed by atoms with van der Waals surface area (Å²) in [6.45, 7) is 3.82. The highest BCUT2D eigenvalue weighted by atomic mass is 32.2. The van der Waals surface area contributed by atoms with Gasteiger partial charge in [0.2, 0.25) is 9.84 Å². The van der Waals surface area contributed by atoms with Crippen LogP contribution in [0.5, 0.6) is 5.75 Å². The standard InChI is InChI=1S/C22H27FN2O3S/c1-24-18-8-11-25(15-18)10-7-16-9-12-28-22-14-20(5-6-21(16)22)29(26,27)19-4-2-3-17(23)13-19/h2-6,13-14,16,18,24H,7-12,15H2,1H3. The summed E-state index contributed by atoms with van der Waals surface area (Å²) in [5.74, 6) is 0.425. The fraction of sp³-hybridized carbons (Fsp3) is 0.455. The lowest BCUT2D eigenvalue weighted by atomic mass is 9.90. The van der Waals surface area contributed by atoms with Crippen LogP contribution in [-0.2, 0) is 9.84 Å². The third-order valence-corrected chi connectivity index (χ3v) is 7.79. The van der Waals surface area contributed by atoms with E-state index in [0.717, 1.165) is 44.1 Å². The molecule has 0 saturated carbocycles. The van der Waals surface area contributed by atoms with Gasteiger partial charge in [-0.05, 0) is 81.2 Å². The maximum atomic E-state index is 13.5. The quantitative estimate of drug-likeness (QED) is 0.781. The zero-order chi connectivity index (χ0) is 20.4. The van der Waals surface area contributed by atoms with Gasteiger partial charge < -0.3 is 15.0 Å². The topological polar surface area (TPSA) is 58.6 Å².